The number of anilines is 2. The summed E-state index contributed by atoms with van der Waals surface area (Å²) in [4.78, 5) is 16.3. The molecule has 21 heavy (non-hydrogen) atoms. The minimum absolute atomic E-state index is 0.0101. The molecule has 3 rings (SSSR count). The van der Waals surface area contributed by atoms with Crippen LogP contribution in [0.2, 0.25) is 0 Å². The van der Waals surface area contributed by atoms with E-state index in [1.54, 1.807) is 0 Å². The Balaban J connectivity index is 1.57. The quantitative estimate of drug-likeness (QED) is 0.806. The van der Waals surface area contributed by atoms with Crippen molar-refractivity contribution in [2.75, 3.05) is 10.6 Å². The molecule has 110 valence electrons. The molecule has 5 nitrogen and oxygen atoms in total. The third-order valence-corrected chi connectivity index (χ3v) is 4.21. The van der Waals surface area contributed by atoms with E-state index in [1.165, 1.54) is 24.2 Å². The molecule has 1 aliphatic rings. The monoisotopic (exact) mass is 302 g/mol. The van der Waals surface area contributed by atoms with Crippen LogP contribution in [0.1, 0.15) is 43.0 Å². The first kappa shape index (κ1) is 14.0. The SMILES string of the molecule is CC(N)c1ccc(NC(=O)Nc2nc(C3CC3)cs2)cc1. The number of hydrogen-bond acceptors (Lipinski definition) is 4. The molecule has 4 N–H and O–H groups in total. The van der Waals surface area contributed by atoms with Crippen molar-refractivity contribution in [3.05, 3.63) is 40.9 Å². The zero-order chi connectivity index (χ0) is 14.8. The molecule has 0 saturated heterocycles. The van der Waals surface area contributed by atoms with Crippen LogP contribution in [0.5, 0.6) is 0 Å². The number of nitrogens with zero attached hydrogens (tertiary/aromatic N) is 1. The summed E-state index contributed by atoms with van der Waals surface area (Å²) in [6.07, 6.45) is 2.42. The Bertz CT molecular complexity index is 631. The van der Waals surface area contributed by atoms with Crippen LogP contribution in [-0.2, 0) is 0 Å². The van der Waals surface area contributed by atoms with E-state index in [0.717, 1.165) is 16.9 Å². The number of thiazole rings is 1. The highest BCUT2D eigenvalue weighted by molar-refractivity contribution is 7.14. The number of urea groups is 1. The number of carbonyl (C=O) groups is 1. The van der Waals surface area contributed by atoms with Gasteiger partial charge in [-0.25, -0.2) is 9.78 Å². The number of amides is 2. The molecule has 1 atom stereocenters. The zero-order valence-corrected chi connectivity index (χ0v) is 12.6. The third kappa shape index (κ3) is 3.59. The Morgan fingerprint density at radius 3 is 2.67 bits per heavy atom. The second kappa shape index (κ2) is 5.83. The number of rotatable bonds is 4. The van der Waals surface area contributed by atoms with Crippen molar-refractivity contribution in [1.29, 1.82) is 0 Å². The molecule has 1 aromatic carbocycles. The number of nitrogens with two attached hydrogens (primary N) is 1. The third-order valence-electron chi connectivity index (χ3n) is 3.43. The molecule has 1 heterocycles. The second-order valence-corrected chi connectivity index (χ2v) is 6.20. The molecular weight excluding hydrogens is 284 g/mol. The zero-order valence-electron chi connectivity index (χ0n) is 11.8. The summed E-state index contributed by atoms with van der Waals surface area (Å²) in [6.45, 7) is 1.93. The van der Waals surface area contributed by atoms with Crippen molar-refractivity contribution >= 4 is 28.2 Å². The van der Waals surface area contributed by atoms with Crippen molar-refractivity contribution < 1.29 is 4.79 Å². The standard InChI is InChI=1S/C15H18N4OS/c1-9(16)10-4-6-12(7-5-10)17-14(20)19-15-18-13(8-21-15)11-2-3-11/h4-9,11H,2-3,16H2,1H3,(H2,17,18,19,20). The van der Waals surface area contributed by atoms with E-state index in [9.17, 15) is 4.79 Å². The number of hydrogen-bond donors (Lipinski definition) is 3. The van der Waals surface area contributed by atoms with E-state index >= 15 is 0 Å². The van der Waals surface area contributed by atoms with Gasteiger partial charge >= 0.3 is 6.03 Å². The van der Waals surface area contributed by atoms with Crippen LogP contribution in [0.15, 0.2) is 29.6 Å². The summed E-state index contributed by atoms with van der Waals surface area (Å²) >= 11 is 1.46. The molecular formula is C15H18N4OS. The molecule has 1 unspecified atom stereocenters. The first-order valence-corrected chi connectivity index (χ1v) is 7.89. The van der Waals surface area contributed by atoms with Gasteiger partial charge in [-0.05, 0) is 37.5 Å². The number of aromatic nitrogens is 1. The first-order chi connectivity index (χ1) is 10.1. The summed E-state index contributed by atoms with van der Waals surface area (Å²) in [5.41, 5.74) is 8.66. The van der Waals surface area contributed by atoms with E-state index in [4.69, 9.17) is 5.73 Å². The van der Waals surface area contributed by atoms with Gasteiger partial charge in [-0.15, -0.1) is 11.3 Å². The summed E-state index contributed by atoms with van der Waals surface area (Å²) in [7, 11) is 0. The Labute approximate surface area is 127 Å². The Kier molecular flexibility index (Phi) is 3.90. The van der Waals surface area contributed by atoms with Gasteiger partial charge < -0.3 is 11.1 Å². The predicted molar refractivity (Wildman–Crippen MR) is 85.8 cm³/mol. The summed E-state index contributed by atoms with van der Waals surface area (Å²) in [6, 6.07) is 7.22. The van der Waals surface area contributed by atoms with Crippen molar-refractivity contribution in [3.8, 4) is 0 Å². The smallest absolute Gasteiger partial charge is 0.324 e. The second-order valence-electron chi connectivity index (χ2n) is 5.34. The maximum absolute atomic E-state index is 11.9. The van der Waals surface area contributed by atoms with Gasteiger partial charge in [0.05, 0.1) is 5.69 Å². The van der Waals surface area contributed by atoms with Gasteiger partial charge in [-0.1, -0.05) is 12.1 Å². The Hall–Kier alpha value is -1.92. The van der Waals surface area contributed by atoms with E-state index in [0.29, 0.717) is 11.0 Å². The van der Waals surface area contributed by atoms with Gasteiger partial charge in [0, 0.05) is 23.0 Å². The topological polar surface area (TPSA) is 80.0 Å². The molecule has 1 fully saturated rings. The minimum atomic E-state index is -0.278. The van der Waals surface area contributed by atoms with E-state index in [1.807, 2.05) is 36.6 Å². The highest BCUT2D eigenvalue weighted by atomic mass is 32.1. The van der Waals surface area contributed by atoms with Gasteiger partial charge in [-0.3, -0.25) is 5.32 Å². The van der Waals surface area contributed by atoms with E-state index in [-0.39, 0.29) is 12.1 Å². The van der Waals surface area contributed by atoms with E-state index < -0.39 is 0 Å². The lowest BCUT2D eigenvalue weighted by atomic mass is 10.1. The Morgan fingerprint density at radius 1 is 1.33 bits per heavy atom. The van der Waals surface area contributed by atoms with Crippen LogP contribution < -0.4 is 16.4 Å². The average Bonchev–Trinajstić information content (AvgIpc) is 3.20. The average molecular weight is 302 g/mol. The minimum Gasteiger partial charge on any atom is -0.324 e. The Morgan fingerprint density at radius 2 is 2.05 bits per heavy atom. The summed E-state index contributed by atoms with van der Waals surface area (Å²) in [5.74, 6) is 0.602. The lowest BCUT2D eigenvalue weighted by Gasteiger charge is -2.08. The van der Waals surface area contributed by atoms with Crippen LogP contribution in [0.4, 0.5) is 15.6 Å². The maximum atomic E-state index is 11.9. The molecule has 0 spiro atoms. The lowest BCUT2D eigenvalue weighted by molar-refractivity contribution is 0.262. The first-order valence-electron chi connectivity index (χ1n) is 7.01. The fourth-order valence-electron chi connectivity index (χ4n) is 2.04. The molecule has 0 aliphatic heterocycles. The van der Waals surface area contributed by atoms with Crippen molar-refractivity contribution in [2.45, 2.75) is 31.7 Å². The largest absolute Gasteiger partial charge is 0.325 e. The van der Waals surface area contributed by atoms with Crippen LogP contribution in [0, 0.1) is 0 Å². The van der Waals surface area contributed by atoms with Crippen LogP contribution in [0.25, 0.3) is 0 Å². The molecule has 2 amide bonds. The number of nitrogens with one attached hydrogen (secondary N) is 2. The molecule has 0 bridgehead atoms. The lowest BCUT2D eigenvalue weighted by Crippen LogP contribution is -2.19. The van der Waals surface area contributed by atoms with Crippen molar-refractivity contribution in [1.82, 2.24) is 4.98 Å². The summed E-state index contributed by atoms with van der Waals surface area (Å²) < 4.78 is 0. The van der Waals surface area contributed by atoms with Gasteiger partial charge in [0.1, 0.15) is 0 Å². The van der Waals surface area contributed by atoms with Crippen LogP contribution in [0.3, 0.4) is 0 Å². The predicted octanol–water partition coefficient (Wildman–Crippen LogP) is 3.68. The highest BCUT2D eigenvalue weighted by Gasteiger charge is 2.26. The molecule has 1 saturated carbocycles. The van der Waals surface area contributed by atoms with E-state index in [2.05, 4.69) is 15.6 Å². The molecule has 6 heteroatoms. The fourth-order valence-corrected chi connectivity index (χ4v) is 2.83. The normalized spacial score (nSPS) is 15.5. The summed E-state index contributed by atoms with van der Waals surface area (Å²) in [5, 5.41) is 8.21. The van der Waals surface area contributed by atoms with Crippen LogP contribution in [-0.4, -0.2) is 11.0 Å². The maximum Gasteiger partial charge on any atom is 0.325 e. The number of carbonyl (C=O) groups excluding carboxylic acids is 1. The van der Waals surface area contributed by atoms with Crippen molar-refractivity contribution in [3.63, 3.8) is 0 Å². The molecule has 1 aromatic heterocycles. The van der Waals surface area contributed by atoms with Gasteiger partial charge in [0.15, 0.2) is 5.13 Å². The van der Waals surface area contributed by atoms with Crippen molar-refractivity contribution in [2.24, 2.45) is 5.73 Å². The van der Waals surface area contributed by atoms with Crippen LogP contribution >= 0.6 is 11.3 Å². The van der Waals surface area contributed by atoms with Gasteiger partial charge in [0.25, 0.3) is 0 Å². The molecule has 1 aliphatic carbocycles. The number of benzene rings is 1. The fraction of sp³-hybridized carbons (Fsp3) is 0.333. The van der Waals surface area contributed by atoms with Gasteiger partial charge in [0.2, 0.25) is 0 Å². The molecule has 2 aromatic rings. The highest BCUT2D eigenvalue weighted by Crippen LogP contribution is 2.40. The molecule has 0 radical (unpaired) electrons. The van der Waals surface area contributed by atoms with Gasteiger partial charge in [-0.2, -0.15) is 0 Å².